The maximum Gasteiger partial charge on any atom is 0.240 e. The summed E-state index contributed by atoms with van der Waals surface area (Å²) >= 11 is 0. The number of Topliss-reactive ketones (excluding diaryl/α,β-unsaturated/α-hetero) is 1. The third-order valence-corrected chi connectivity index (χ3v) is 5.84. The van der Waals surface area contributed by atoms with E-state index in [4.69, 9.17) is 9.47 Å². The van der Waals surface area contributed by atoms with E-state index in [1.165, 1.54) is 0 Å². The second-order valence-corrected chi connectivity index (χ2v) is 8.51. The molecular formula is C26H30N2O4. The van der Waals surface area contributed by atoms with Gasteiger partial charge in [0.1, 0.15) is 6.54 Å². The Balaban J connectivity index is 1.56. The molecule has 1 aliphatic rings. The minimum atomic E-state index is -0.168. The van der Waals surface area contributed by atoms with Crippen molar-refractivity contribution in [2.75, 3.05) is 13.2 Å². The molecule has 0 unspecified atom stereocenters. The fourth-order valence-electron chi connectivity index (χ4n) is 4.17. The first-order valence-electron chi connectivity index (χ1n) is 11.3. The van der Waals surface area contributed by atoms with Gasteiger partial charge in [0.05, 0.1) is 19.3 Å². The van der Waals surface area contributed by atoms with Gasteiger partial charge in [0.25, 0.3) is 0 Å². The number of aromatic nitrogens is 1. The van der Waals surface area contributed by atoms with Gasteiger partial charge in [-0.2, -0.15) is 0 Å². The number of ether oxygens (including phenoxy) is 2. The number of rotatable bonds is 7. The van der Waals surface area contributed by atoms with Crippen molar-refractivity contribution >= 4 is 22.6 Å². The summed E-state index contributed by atoms with van der Waals surface area (Å²) in [6.45, 7) is 7.42. The highest BCUT2D eigenvalue weighted by molar-refractivity contribution is 6.08. The second kappa shape index (κ2) is 9.47. The van der Waals surface area contributed by atoms with Crippen molar-refractivity contribution in [1.29, 1.82) is 0 Å². The van der Waals surface area contributed by atoms with E-state index in [1.807, 2.05) is 54.0 Å². The molecule has 0 spiro atoms. The molecule has 168 valence electrons. The van der Waals surface area contributed by atoms with E-state index >= 15 is 0 Å². The number of ketones is 1. The molecule has 1 amide bonds. The molecule has 1 aromatic heterocycles. The Morgan fingerprint density at radius 1 is 1.06 bits per heavy atom. The van der Waals surface area contributed by atoms with Crippen molar-refractivity contribution in [3.8, 4) is 11.5 Å². The second-order valence-electron chi connectivity index (χ2n) is 8.51. The van der Waals surface area contributed by atoms with Gasteiger partial charge in [-0.1, -0.05) is 45.0 Å². The van der Waals surface area contributed by atoms with Gasteiger partial charge < -0.3 is 19.4 Å². The first kappa shape index (κ1) is 21.9. The number of carbonyl (C=O) groups is 2. The van der Waals surface area contributed by atoms with Crippen LogP contribution in [0.25, 0.3) is 10.9 Å². The number of carbonyl (C=O) groups excluding carboxylic acids is 2. The smallest absolute Gasteiger partial charge is 0.240 e. The topological polar surface area (TPSA) is 69.6 Å². The number of hydrogen-bond acceptors (Lipinski definition) is 4. The molecule has 1 aliphatic heterocycles. The summed E-state index contributed by atoms with van der Waals surface area (Å²) in [5.74, 6) is 1.62. The van der Waals surface area contributed by atoms with Gasteiger partial charge in [0, 0.05) is 35.5 Å². The van der Waals surface area contributed by atoms with Gasteiger partial charge >= 0.3 is 0 Å². The number of amides is 1. The number of para-hydroxylation sites is 1. The van der Waals surface area contributed by atoms with E-state index in [2.05, 4.69) is 19.2 Å². The lowest BCUT2D eigenvalue weighted by Gasteiger charge is -2.24. The Morgan fingerprint density at radius 2 is 1.81 bits per heavy atom. The molecule has 32 heavy (non-hydrogen) atoms. The van der Waals surface area contributed by atoms with Crippen LogP contribution in [0.4, 0.5) is 0 Å². The van der Waals surface area contributed by atoms with Crippen LogP contribution in [0, 0.1) is 5.92 Å². The van der Waals surface area contributed by atoms with Crippen LogP contribution < -0.4 is 14.8 Å². The molecule has 4 rings (SSSR count). The monoisotopic (exact) mass is 434 g/mol. The maximum atomic E-state index is 13.1. The van der Waals surface area contributed by atoms with Crippen LogP contribution in [0.1, 0.15) is 55.6 Å². The van der Waals surface area contributed by atoms with Gasteiger partial charge in [-0.05, 0) is 29.7 Å². The summed E-state index contributed by atoms with van der Waals surface area (Å²) in [5, 5.41) is 4.06. The van der Waals surface area contributed by atoms with E-state index in [1.54, 1.807) is 6.20 Å². The molecule has 0 saturated heterocycles. The average molecular weight is 435 g/mol. The van der Waals surface area contributed by atoms with E-state index in [9.17, 15) is 9.59 Å². The zero-order valence-corrected chi connectivity index (χ0v) is 18.9. The van der Waals surface area contributed by atoms with Crippen molar-refractivity contribution in [3.63, 3.8) is 0 Å². The quantitative estimate of drug-likeness (QED) is 0.537. The van der Waals surface area contributed by atoms with Gasteiger partial charge in [-0.15, -0.1) is 0 Å². The van der Waals surface area contributed by atoms with Crippen molar-refractivity contribution in [2.45, 2.75) is 46.2 Å². The standard InChI is InChI=1S/C26H30N2O4/c1-4-22(29)20-15-28(21-9-6-5-8-19(20)21)16-25(30)27-26(17(2)3)18-10-11-23-24(14-18)32-13-7-12-31-23/h5-6,8-11,14-15,17,26H,4,7,12-13,16H2,1-3H3,(H,27,30)/t26-/m1/s1. The highest BCUT2D eigenvalue weighted by Crippen LogP contribution is 2.34. The number of nitrogens with zero attached hydrogens (tertiary/aromatic N) is 1. The van der Waals surface area contributed by atoms with Crippen molar-refractivity contribution < 1.29 is 19.1 Å². The summed E-state index contributed by atoms with van der Waals surface area (Å²) in [6.07, 6.45) is 3.08. The fraction of sp³-hybridized carbons (Fsp3) is 0.385. The van der Waals surface area contributed by atoms with Gasteiger partial charge in [0.2, 0.25) is 5.91 Å². The van der Waals surface area contributed by atoms with Crippen LogP contribution >= 0.6 is 0 Å². The average Bonchev–Trinajstić information content (AvgIpc) is 2.98. The molecular weight excluding hydrogens is 404 g/mol. The fourth-order valence-corrected chi connectivity index (χ4v) is 4.17. The normalized spacial score (nSPS) is 14.2. The Hall–Kier alpha value is -3.28. The number of nitrogens with one attached hydrogen (secondary N) is 1. The third kappa shape index (κ3) is 4.49. The molecule has 6 heteroatoms. The first-order valence-corrected chi connectivity index (χ1v) is 11.3. The zero-order valence-electron chi connectivity index (χ0n) is 18.9. The molecule has 0 bridgehead atoms. The molecule has 2 aromatic carbocycles. The predicted molar refractivity (Wildman–Crippen MR) is 124 cm³/mol. The molecule has 0 fully saturated rings. The molecule has 1 atom stereocenters. The van der Waals surface area contributed by atoms with Crippen LogP contribution in [-0.4, -0.2) is 29.5 Å². The Bertz CT molecular complexity index is 1130. The maximum absolute atomic E-state index is 13.1. The Kier molecular flexibility index (Phi) is 6.49. The number of fused-ring (bicyclic) bond motifs is 2. The molecule has 0 radical (unpaired) electrons. The largest absolute Gasteiger partial charge is 0.490 e. The van der Waals surface area contributed by atoms with E-state index in [0.29, 0.717) is 25.2 Å². The van der Waals surface area contributed by atoms with Crippen molar-refractivity contribution in [3.05, 3.63) is 59.8 Å². The highest BCUT2D eigenvalue weighted by atomic mass is 16.5. The number of hydrogen-bond donors (Lipinski definition) is 1. The van der Waals surface area contributed by atoms with Crippen LogP contribution in [0.3, 0.4) is 0 Å². The van der Waals surface area contributed by atoms with Gasteiger partial charge in [-0.25, -0.2) is 0 Å². The Morgan fingerprint density at radius 3 is 2.56 bits per heavy atom. The molecule has 1 N–H and O–H groups in total. The van der Waals surface area contributed by atoms with Gasteiger partial charge in [-0.3, -0.25) is 9.59 Å². The van der Waals surface area contributed by atoms with Crippen LogP contribution in [0.5, 0.6) is 11.5 Å². The van der Waals surface area contributed by atoms with Crippen LogP contribution in [0.2, 0.25) is 0 Å². The summed E-state index contributed by atoms with van der Waals surface area (Å²) in [5.41, 5.74) is 2.53. The summed E-state index contributed by atoms with van der Waals surface area (Å²) in [6, 6.07) is 13.4. The minimum Gasteiger partial charge on any atom is -0.490 e. The van der Waals surface area contributed by atoms with E-state index in [-0.39, 0.29) is 30.2 Å². The minimum absolute atomic E-state index is 0.0765. The molecule has 3 aromatic rings. The lowest BCUT2D eigenvalue weighted by molar-refractivity contribution is -0.122. The number of benzene rings is 2. The summed E-state index contributed by atoms with van der Waals surface area (Å²) in [7, 11) is 0. The molecule has 0 saturated carbocycles. The first-order chi connectivity index (χ1) is 15.5. The Labute approximate surface area is 188 Å². The van der Waals surface area contributed by atoms with Crippen molar-refractivity contribution in [1.82, 2.24) is 9.88 Å². The lowest BCUT2D eigenvalue weighted by Crippen LogP contribution is -2.34. The SMILES string of the molecule is CCC(=O)c1cn(CC(=O)N[C@@H](c2ccc3c(c2)OCCCO3)C(C)C)c2ccccc12. The third-order valence-electron chi connectivity index (χ3n) is 5.84. The summed E-state index contributed by atoms with van der Waals surface area (Å²) < 4.78 is 13.4. The zero-order chi connectivity index (χ0) is 22.7. The van der Waals surface area contributed by atoms with Crippen LogP contribution in [0.15, 0.2) is 48.7 Å². The summed E-state index contributed by atoms with van der Waals surface area (Å²) in [4.78, 5) is 25.4. The molecule has 0 aliphatic carbocycles. The van der Waals surface area contributed by atoms with Crippen molar-refractivity contribution in [2.24, 2.45) is 5.92 Å². The van der Waals surface area contributed by atoms with E-state index in [0.717, 1.165) is 34.4 Å². The van der Waals surface area contributed by atoms with Crippen LogP contribution in [-0.2, 0) is 11.3 Å². The van der Waals surface area contributed by atoms with E-state index < -0.39 is 0 Å². The molecule has 2 heterocycles. The predicted octanol–water partition coefficient (Wildman–Crippen LogP) is 4.91. The lowest BCUT2D eigenvalue weighted by atomic mass is 9.95. The van der Waals surface area contributed by atoms with Gasteiger partial charge in [0.15, 0.2) is 17.3 Å². The molecule has 6 nitrogen and oxygen atoms in total. The highest BCUT2D eigenvalue weighted by Gasteiger charge is 2.22.